The van der Waals surface area contributed by atoms with Crippen LogP contribution in [-0.4, -0.2) is 42.9 Å². The molecular formula is C13H17NO5S. The summed E-state index contributed by atoms with van der Waals surface area (Å²) in [5.41, 5.74) is 0. The van der Waals surface area contributed by atoms with Gasteiger partial charge in [-0.3, -0.25) is 9.59 Å². The molecule has 0 spiro atoms. The Bertz CT molecular complexity index is 582. The number of fused-ring (bicyclic) bond motifs is 2. The predicted octanol–water partition coefficient (Wildman–Crippen LogP) is -0.187. The second-order valence-electron chi connectivity index (χ2n) is 5.95. The molecule has 6 nitrogen and oxygen atoms in total. The molecule has 1 heterocycles. The van der Waals surface area contributed by atoms with Crippen LogP contribution < -0.4 is 5.32 Å². The molecule has 3 rings (SSSR count). The van der Waals surface area contributed by atoms with Crippen molar-refractivity contribution in [1.82, 2.24) is 5.32 Å². The maximum atomic E-state index is 12.3. The molecule has 2 fully saturated rings. The number of nitrogens with one attached hydrogen (secondary N) is 1. The number of allylic oxidation sites excluding steroid dienone is 2. The van der Waals surface area contributed by atoms with Gasteiger partial charge in [-0.25, -0.2) is 8.42 Å². The highest BCUT2D eigenvalue weighted by Crippen LogP contribution is 2.48. The quantitative estimate of drug-likeness (QED) is 0.704. The molecule has 7 heteroatoms. The Kier molecular flexibility index (Phi) is 3.12. The Hall–Kier alpha value is -1.37. The van der Waals surface area contributed by atoms with E-state index in [0.29, 0.717) is 12.8 Å². The average molecular weight is 299 g/mol. The number of amides is 1. The van der Waals surface area contributed by atoms with Crippen molar-refractivity contribution in [2.24, 2.45) is 23.7 Å². The van der Waals surface area contributed by atoms with Crippen molar-refractivity contribution in [2.75, 3.05) is 11.5 Å². The molecule has 1 aliphatic heterocycles. The van der Waals surface area contributed by atoms with Crippen LogP contribution in [0.25, 0.3) is 0 Å². The van der Waals surface area contributed by atoms with Crippen molar-refractivity contribution in [3.8, 4) is 0 Å². The summed E-state index contributed by atoms with van der Waals surface area (Å²) in [5.74, 6) is -2.53. The fourth-order valence-electron chi connectivity index (χ4n) is 3.72. The summed E-state index contributed by atoms with van der Waals surface area (Å²) in [6.07, 6.45) is 4.92. The van der Waals surface area contributed by atoms with Crippen molar-refractivity contribution >= 4 is 21.7 Å². The van der Waals surface area contributed by atoms with E-state index in [-0.39, 0.29) is 35.3 Å². The molecule has 3 aliphatic rings. The highest BCUT2D eigenvalue weighted by molar-refractivity contribution is 7.91. The van der Waals surface area contributed by atoms with E-state index in [1.807, 2.05) is 12.2 Å². The summed E-state index contributed by atoms with van der Waals surface area (Å²) in [6.45, 7) is 0. The van der Waals surface area contributed by atoms with Crippen LogP contribution >= 0.6 is 0 Å². The van der Waals surface area contributed by atoms with Crippen LogP contribution in [0.2, 0.25) is 0 Å². The van der Waals surface area contributed by atoms with Crippen molar-refractivity contribution in [3.05, 3.63) is 12.2 Å². The lowest BCUT2D eigenvalue weighted by Crippen LogP contribution is -2.44. The lowest BCUT2D eigenvalue weighted by molar-refractivity contribution is -0.147. The largest absolute Gasteiger partial charge is 0.481 e. The van der Waals surface area contributed by atoms with Crippen LogP contribution in [0.4, 0.5) is 0 Å². The fourth-order valence-corrected chi connectivity index (χ4v) is 5.40. The minimum atomic E-state index is -3.05. The third-order valence-electron chi connectivity index (χ3n) is 4.63. The zero-order chi connectivity index (χ0) is 14.5. The third-order valence-corrected chi connectivity index (χ3v) is 6.39. The van der Waals surface area contributed by atoms with Crippen LogP contribution in [0.5, 0.6) is 0 Å². The van der Waals surface area contributed by atoms with Gasteiger partial charge in [0.05, 0.1) is 23.3 Å². The number of carboxylic acids is 1. The summed E-state index contributed by atoms with van der Waals surface area (Å²) in [7, 11) is -3.05. The Morgan fingerprint density at radius 2 is 1.80 bits per heavy atom. The van der Waals surface area contributed by atoms with Gasteiger partial charge >= 0.3 is 5.97 Å². The molecule has 2 bridgehead atoms. The number of sulfone groups is 1. The summed E-state index contributed by atoms with van der Waals surface area (Å²) in [4.78, 5) is 23.7. The molecule has 1 saturated carbocycles. The second-order valence-corrected chi connectivity index (χ2v) is 8.18. The number of rotatable bonds is 3. The van der Waals surface area contributed by atoms with Gasteiger partial charge in [-0.1, -0.05) is 12.2 Å². The van der Waals surface area contributed by atoms with E-state index >= 15 is 0 Å². The molecule has 0 aromatic rings. The molecule has 1 saturated heterocycles. The first-order chi connectivity index (χ1) is 9.37. The van der Waals surface area contributed by atoms with E-state index < -0.39 is 27.6 Å². The van der Waals surface area contributed by atoms with E-state index in [9.17, 15) is 23.1 Å². The smallest absolute Gasteiger partial charge is 0.307 e. The summed E-state index contributed by atoms with van der Waals surface area (Å²) in [6, 6.07) is -0.370. The Morgan fingerprint density at radius 3 is 2.35 bits per heavy atom. The Labute approximate surface area is 117 Å². The van der Waals surface area contributed by atoms with Crippen molar-refractivity contribution in [3.63, 3.8) is 0 Å². The molecule has 20 heavy (non-hydrogen) atoms. The van der Waals surface area contributed by atoms with Crippen LogP contribution in [0.1, 0.15) is 12.8 Å². The fraction of sp³-hybridized carbons (Fsp3) is 0.692. The normalized spacial score (nSPS) is 40.9. The number of carboxylic acid groups (broad SMARTS) is 1. The lowest BCUT2D eigenvalue weighted by atomic mass is 9.82. The maximum Gasteiger partial charge on any atom is 0.307 e. The Balaban J connectivity index is 1.71. The zero-order valence-corrected chi connectivity index (χ0v) is 11.7. The Morgan fingerprint density at radius 1 is 1.15 bits per heavy atom. The predicted molar refractivity (Wildman–Crippen MR) is 70.6 cm³/mol. The second kappa shape index (κ2) is 4.58. The van der Waals surface area contributed by atoms with E-state index in [2.05, 4.69) is 5.32 Å². The maximum absolute atomic E-state index is 12.3. The minimum Gasteiger partial charge on any atom is -0.481 e. The highest BCUT2D eigenvalue weighted by Gasteiger charge is 2.52. The van der Waals surface area contributed by atoms with Crippen LogP contribution in [0.15, 0.2) is 12.2 Å². The molecule has 0 aromatic heterocycles. The highest BCUT2D eigenvalue weighted by atomic mass is 32.2. The number of hydrogen-bond acceptors (Lipinski definition) is 4. The number of carbonyl (C=O) groups is 2. The molecule has 5 atom stereocenters. The number of aliphatic carboxylic acids is 1. The van der Waals surface area contributed by atoms with E-state index in [4.69, 9.17) is 0 Å². The van der Waals surface area contributed by atoms with Crippen molar-refractivity contribution in [1.29, 1.82) is 0 Å². The van der Waals surface area contributed by atoms with E-state index in [0.717, 1.165) is 0 Å². The molecule has 0 aromatic carbocycles. The van der Waals surface area contributed by atoms with Crippen LogP contribution in [0, 0.1) is 23.7 Å². The lowest BCUT2D eigenvalue weighted by Gasteiger charge is -2.25. The monoisotopic (exact) mass is 299 g/mol. The molecule has 1 amide bonds. The molecule has 2 aliphatic carbocycles. The SMILES string of the molecule is O=C(O)[C@H]1[C@H](C(=O)N[C@H]2CCS(=O)(=O)C2)[C@H]2C=C[C@H]1C2. The molecular weight excluding hydrogens is 282 g/mol. The van der Waals surface area contributed by atoms with Gasteiger partial charge < -0.3 is 10.4 Å². The van der Waals surface area contributed by atoms with Crippen LogP contribution in [-0.2, 0) is 19.4 Å². The first-order valence-electron chi connectivity index (χ1n) is 6.79. The zero-order valence-electron chi connectivity index (χ0n) is 10.9. The van der Waals surface area contributed by atoms with Gasteiger partial charge in [0.1, 0.15) is 0 Å². The summed E-state index contributed by atoms with van der Waals surface area (Å²) < 4.78 is 22.8. The van der Waals surface area contributed by atoms with Gasteiger partial charge in [-0.05, 0) is 24.7 Å². The topological polar surface area (TPSA) is 101 Å². The van der Waals surface area contributed by atoms with Crippen molar-refractivity contribution < 1.29 is 23.1 Å². The van der Waals surface area contributed by atoms with Crippen LogP contribution in [0.3, 0.4) is 0 Å². The van der Waals surface area contributed by atoms with Gasteiger partial charge in [0, 0.05) is 6.04 Å². The minimum absolute atomic E-state index is 0.0286. The first-order valence-corrected chi connectivity index (χ1v) is 8.61. The summed E-state index contributed by atoms with van der Waals surface area (Å²) in [5, 5.41) is 12.0. The van der Waals surface area contributed by atoms with Crippen molar-refractivity contribution in [2.45, 2.75) is 18.9 Å². The molecule has 110 valence electrons. The van der Waals surface area contributed by atoms with E-state index in [1.54, 1.807) is 0 Å². The molecule has 0 radical (unpaired) electrons. The third kappa shape index (κ3) is 2.24. The average Bonchev–Trinajstić information content (AvgIpc) is 3.02. The van der Waals surface area contributed by atoms with Gasteiger partial charge in [0.15, 0.2) is 9.84 Å². The summed E-state index contributed by atoms with van der Waals surface area (Å²) >= 11 is 0. The van der Waals surface area contributed by atoms with Gasteiger partial charge in [-0.15, -0.1) is 0 Å². The first kappa shape index (κ1) is 13.6. The molecule has 2 N–H and O–H groups in total. The van der Waals surface area contributed by atoms with Gasteiger partial charge in [-0.2, -0.15) is 0 Å². The standard InChI is InChI=1S/C13H17NO5S/c15-12(14-9-3-4-20(18,19)6-9)10-7-1-2-8(5-7)11(10)13(16)17/h1-2,7-11H,3-6H2,(H,14,15)(H,16,17)/t7-,8-,9-,10+,11+/m0/s1. The number of hydrogen-bond donors (Lipinski definition) is 2. The number of carbonyl (C=O) groups excluding carboxylic acids is 1. The molecule has 0 unspecified atom stereocenters. The van der Waals surface area contributed by atoms with Gasteiger partial charge in [0.25, 0.3) is 0 Å². The van der Waals surface area contributed by atoms with E-state index in [1.165, 1.54) is 0 Å². The van der Waals surface area contributed by atoms with Gasteiger partial charge in [0.2, 0.25) is 5.91 Å².